The van der Waals surface area contributed by atoms with Crippen LogP contribution in [0.25, 0.3) is 22.8 Å². The molecule has 0 saturated heterocycles. The Kier molecular flexibility index (Phi) is 3.28. The Morgan fingerprint density at radius 3 is 2.80 bits per heavy atom. The largest absolute Gasteiger partial charge is 0.508 e. The van der Waals surface area contributed by atoms with Crippen molar-refractivity contribution in [3.8, 4) is 28.6 Å². The highest BCUT2D eigenvalue weighted by Gasteiger charge is 2.13. The van der Waals surface area contributed by atoms with Gasteiger partial charge in [0.25, 0.3) is 5.89 Å². The van der Waals surface area contributed by atoms with Crippen molar-refractivity contribution < 1.29 is 9.63 Å². The van der Waals surface area contributed by atoms with Gasteiger partial charge in [-0.2, -0.15) is 4.98 Å². The number of rotatable bonds is 2. The van der Waals surface area contributed by atoms with Gasteiger partial charge < -0.3 is 9.63 Å². The highest BCUT2D eigenvalue weighted by atomic mass is 79.9. The highest BCUT2D eigenvalue weighted by Crippen LogP contribution is 2.30. The maximum Gasteiger partial charge on any atom is 0.259 e. The topological polar surface area (TPSA) is 59.2 Å². The number of phenols is 1. The fraction of sp³-hybridized carbons (Fsp3) is 0.0667. The fourth-order valence-corrected chi connectivity index (χ4v) is 2.31. The number of phenolic OH excluding ortho intramolecular Hbond substituents is 1. The molecule has 3 rings (SSSR count). The molecule has 0 aliphatic carbocycles. The summed E-state index contributed by atoms with van der Waals surface area (Å²) >= 11 is 3.48. The molecule has 0 aliphatic rings. The van der Waals surface area contributed by atoms with Gasteiger partial charge in [0.15, 0.2) is 0 Å². The quantitative estimate of drug-likeness (QED) is 0.765. The number of hydrogen-bond donors (Lipinski definition) is 1. The van der Waals surface area contributed by atoms with Gasteiger partial charge in [-0.1, -0.05) is 28.9 Å². The van der Waals surface area contributed by atoms with Gasteiger partial charge in [-0.25, -0.2) is 0 Å². The summed E-state index contributed by atoms with van der Waals surface area (Å²) in [5.74, 6) is 1.06. The monoisotopic (exact) mass is 330 g/mol. The van der Waals surface area contributed by atoms with Crippen LogP contribution in [-0.2, 0) is 0 Å². The lowest BCUT2D eigenvalue weighted by molar-refractivity contribution is 0.432. The van der Waals surface area contributed by atoms with Crippen LogP contribution in [0.5, 0.6) is 5.75 Å². The molecule has 1 heterocycles. The average Bonchev–Trinajstić information content (AvgIpc) is 2.91. The van der Waals surface area contributed by atoms with Crippen LogP contribution in [0.3, 0.4) is 0 Å². The van der Waals surface area contributed by atoms with Gasteiger partial charge in [0.05, 0.1) is 5.56 Å². The van der Waals surface area contributed by atoms with Crippen molar-refractivity contribution in [2.24, 2.45) is 0 Å². The molecule has 0 radical (unpaired) electrons. The molecule has 0 fully saturated rings. The summed E-state index contributed by atoms with van der Waals surface area (Å²) in [5, 5.41) is 13.4. The van der Waals surface area contributed by atoms with Crippen LogP contribution >= 0.6 is 15.9 Å². The number of hydrogen-bond acceptors (Lipinski definition) is 4. The van der Waals surface area contributed by atoms with Gasteiger partial charge >= 0.3 is 0 Å². The molecule has 0 bridgehead atoms. The van der Waals surface area contributed by atoms with Crippen molar-refractivity contribution in [1.29, 1.82) is 0 Å². The van der Waals surface area contributed by atoms with Gasteiger partial charge in [0.1, 0.15) is 5.75 Å². The third kappa shape index (κ3) is 2.44. The summed E-state index contributed by atoms with van der Waals surface area (Å²) < 4.78 is 6.21. The normalized spacial score (nSPS) is 10.7. The second-order valence-corrected chi connectivity index (χ2v) is 5.31. The fourth-order valence-electron chi connectivity index (χ4n) is 1.90. The zero-order valence-electron chi connectivity index (χ0n) is 10.7. The number of halogens is 1. The second kappa shape index (κ2) is 5.09. The van der Waals surface area contributed by atoms with Gasteiger partial charge in [-0.05, 0) is 47.1 Å². The first-order chi connectivity index (χ1) is 9.63. The van der Waals surface area contributed by atoms with E-state index in [0.717, 1.165) is 15.6 Å². The van der Waals surface area contributed by atoms with Crippen molar-refractivity contribution in [1.82, 2.24) is 10.1 Å². The van der Waals surface area contributed by atoms with Crippen LogP contribution in [0.2, 0.25) is 0 Å². The van der Waals surface area contributed by atoms with Crippen LogP contribution in [-0.4, -0.2) is 15.2 Å². The van der Waals surface area contributed by atoms with Crippen LogP contribution in [0.1, 0.15) is 5.56 Å². The van der Waals surface area contributed by atoms with E-state index >= 15 is 0 Å². The van der Waals surface area contributed by atoms with E-state index in [-0.39, 0.29) is 5.75 Å². The predicted octanol–water partition coefficient (Wildman–Crippen LogP) is 4.18. The highest BCUT2D eigenvalue weighted by molar-refractivity contribution is 9.10. The summed E-state index contributed by atoms with van der Waals surface area (Å²) in [6.07, 6.45) is 0. The molecule has 0 amide bonds. The molecule has 0 saturated carbocycles. The van der Waals surface area contributed by atoms with Crippen LogP contribution in [0, 0.1) is 6.92 Å². The smallest absolute Gasteiger partial charge is 0.259 e. The van der Waals surface area contributed by atoms with Crippen molar-refractivity contribution in [2.45, 2.75) is 6.92 Å². The first kappa shape index (κ1) is 12.9. The summed E-state index contributed by atoms with van der Waals surface area (Å²) in [6, 6.07) is 12.7. The third-order valence-corrected chi connectivity index (χ3v) is 3.57. The molecule has 2 aromatic carbocycles. The van der Waals surface area contributed by atoms with Gasteiger partial charge in [0.2, 0.25) is 5.82 Å². The van der Waals surface area contributed by atoms with Crippen LogP contribution < -0.4 is 0 Å². The minimum atomic E-state index is 0.172. The molecule has 0 aliphatic heterocycles. The van der Waals surface area contributed by atoms with E-state index in [1.165, 1.54) is 0 Å². The SMILES string of the molecule is Cc1ccc(Br)c(-c2nc(-c3cccc(O)c3)no2)c1. The first-order valence-electron chi connectivity index (χ1n) is 6.03. The standard InChI is InChI=1S/C15H11BrN2O2/c1-9-5-6-13(16)12(7-9)15-17-14(18-20-15)10-3-2-4-11(19)8-10/h2-8,19H,1H3. The maximum atomic E-state index is 9.49. The first-order valence-corrected chi connectivity index (χ1v) is 6.82. The Morgan fingerprint density at radius 2 is 2.00 bits per heavy atom. The van der Waals surface area contributed by atoms with E-state index in [4.69, 9.17) is 4.52 Å². The molecule has 20 heavy (non-hydrogen) atoms. The molecule has 1 N–H and O–H groups in total. The zero-order valence-corrected chi connectivity index (χ0v) is 12.3. The number of aryl methyl sites for hydroxylation is 1. The Hall–Kier alpha value is -2.14. The van der Waals surface area contributed by atoms with Crippen molar-refractivity contribution in [3.05, 3.63) is 52.5 Å². The van der Waals surface area contributed by atoms with Crippen molar-refractivity contribution >= 4 is 15.9 Å². The Morgan fingerprint density at radius 1 is 1.15 bits per heavy atom. The lowest BCUT2D eigenvalue weighted by atomic mass is 10.1. The molecule has 0 unspecified atom stereocenters. The summed E-state index contributed by atoms with van der Waals surface area (Å²) in [6.45, 7) is 2.00. The molecule has 0 atom stereocenters. The molecule has 5 heteroatoms. The van der Waals surface area contributed by atoms with Gasteiger partial charge in [-0.3, -0.25) is 0 Å². The number of benzene rings is 2. The number of aromatic nitrogens is 2. The average molecular weight is 331 g/mol. The Labute approximate surface area is 124 Å². The molecular weight excluding hydrogens is 320 g/mol. The van der Waals surface area contributed by atoms with Gasteiger partial charge in [0, 0.05) is 10.0 Å². The lowest BCUT2D eigenvalue weighted by Gasteiger charge is -2.00. The summed E-state index contributed by atoms with van der Waals surface area (Å²) in [7, 11) is 0. The molecule has 0 spiro atoms. The summed E-state index contributed by atoms with van der Waals surface area (Å²) in [5.41, 5.74) is 2.67. The van der Waals surface area contributed by atoms with E-state index in [1.54, 1.807) is 18.2 Å². The van der Waals surface area contributed by atoms with E-state index in [0.29, 0.717) is 17.3 Å². The molecule has 3 aromatic rings. The Balaban J connectivity index is 2.04. The third-order valence-electron chi connectivity index (χ3n) is 2.88. The molecule has 4 nitrogen and oxygen atoms in total. The van der Waals surface area contributed by atoms with E-state index in [9.17, 15) is 5.11 Å². The van der Waals surface area contributed by atoms with E-state index < -0.39 is 0 Å². The minimum Gasteiger partial charge on any atom is -0.508 e. The van der Waals surface area contributed by atoms with Crippen LogP contribution in [0.15, 0.2) is 51.5 Å². The Bertz CT molecular complexity index is 768. The number of aromatic hydroxyl groups is 1. The summed E-state index contributed by atoms with van der Waals surface area (Å²) in [4.78, 5) is 4.37. The van der Waals surface area contributed by atoms with Crippen molar-refractivity contribution in [2.75, 3.05) is 0 Å². The van der Waals surface area contributed by atoms with E-state index in [2.05, 4.69) is 26.1 Å². The molecule has 100 valence electrons. The predicted molar refractivity (Wildman–Crippen MR) is 79.3 cm³/mol. The second-order valence-electron chi connectivity index (χ2n) is 4.46. The van der Waals surface area contributed by atoms with Gasteiger partial charge in [-0.15, -0.1) is 0 Å². The maximum absolute atomic E-state index is 9.49. The van der Waals surface area contributed by atoms with Crippen LogP contribution in [0.4, 0.5) is 0 Å². The minimum absolute atomic E-state index is 0.172. The molecular formula is C15H11BrN2O2. The lowest BCUT2D eigenvalue weighted by Crippen LogP contribution is -1.83. The van der Waals surface area contributed by atoms with E-state index in [1.807, 2.05) is 31.2 Å². The van der Waals surface area contributed by atoms with Crippen molar-refractivity contribution in [3.63, 3.8) is 0 Å². The molecule has 1 aromatic heterocycles. The number of nitrogens with zero attached hydrogens (tertiary/aromatic N) is 2. The zero-order chi connectivity index (χ0) is 14.1.